The minimum Gasteiger partial charge on any atom is -0.454 e. The van der Waals surface area contributed by atoms with Crippen LogP contribution in [-0.2, 0) is 12.6 Å². The highest BCUT2D eigenvalue weighted by Crippen LogP contribution is 2.44. The van der Waals surface area contributed by atoms with E-state index >= 15 is 0 Å². The van der Waals surface area contributed by atoms with E-state index in [1.54, 1.807) is 49.5 Å². The maximum absolute atomic E-state index is 13.8. The number of nitrogens with one attached hydrogen (secondary N) is 1. The zero-order valence-corrected chi connectivity index (χ0v) is 18.2. The molecule has 3 aromatic rings. The highest BCUT2D eigenvalue weighted by atomic mass is 19.4. The Morgan fingerprint density at radius 1 is 1.15 bits per heavy atom. The number of halogens is 3. The number of aromatic nitrogens is 2. The molecule has 4 heterocycles. The molecule has 7 nitrogen and oxygen atoms in total. The van der Waals surface area contributed by atoms with Crippen LogP contribution in [0.5, 0.6) is 11.5 Å². The van der Waals surface area contributed by atoms with Crippen molar-refractivity contribution in [3.8, 4) is 17.2 Å². The molecule has 6 rings (SSSR count). The second-order valence-electron chi connectivity index (χ2n) is 8.77. The van der Waals surface area contributed by atoms with Crippen LogP contribution in [-0.4, -0.2) is 35.6 Å². The van der Waals surface area contributed by atoms with E-state index in [0.29, 0.717) is 47.0 Å². The number of ether oxygens (including phenoxy) is 2. The fraction of sp³-hybridized carbons (Fsp3) is 0.333. The van der Waals surface area contributed by atoms with Crippen LogP contribution in [0.15, 0.2) is 42.5 Å². The van der Waals surface area contributed by atoms with Crippen LogP contribution in [0.25, 0.3) is 5.69 Å². The van der Waals surface area contributed by atoms with Gasteiger partial charge >= 0.3 is 6.18 Å². The smallest absolute Gasteiger partial charge is 0.435 e. The van der Waals surface area contributed by atoms with Crippen molar-refractivity contribution in [3.05, 3.63) is 65.0 Å². The van der Waals surface area contributed by atoms with Crippen LogP contribution in [0.2, 0.25) is 0 Å². The van der Waals surface area contributed by atoms with Gasteiger partial charge in [-0.15, -0.1) is 0 Å². The van der Waals surface area contributed by atoms with Gasteiger partial charge in [-0.1, -0.05) is 6.07 Å². The number of amides is 1. The van der Waals surface area contributed by atoms with Gasteiger partial charge in [-0.3, -0.25) is 4.79 Å². The monoisotopic (exact) mass is 470 g/mol. The van der Waals surface area contributed by atoms with Crippen molar-refractivity contribution in [2.24, 2.45) is 0 Å². The lowest BCUT2D eigenvalue weighted by atomic mass is 9.99. The van der Waals surface area contributed by atoms with Gasteiger partial charge in [0.2, 0.25) is 6.79 Å². The van der Waals surface area contributed by atoms with Crippen molar-refractivity contribution in [2.45, 2.75) is 37.5 Å². The molecule has 176 valence electrons. The van der Waals surface area contributed by atoms with Gasteiger partial charge in [-0.25, -0.2) is 4.68 Å². The molecule has 34 heavy (non-hydrogen) atoms. The van der Waals surface area contributed by atoms with E-state index in [2.05, 4.69) is 10.4 Å². The van der Waals surface area contributed by atoms with Crippen molar-refractivity contribution in [1.29, 1.82) is 0 Å². The first-order valence-electron chi connectivity index (χ1n) is 11.0. The molecule has 2 bridgehead atoms. The Morgan fingerprint density at radius 2 is 1.97 bits per heavy atom. The Morgan fingerprint density at radius 3 is 2.79 bits per heavy atom. The molecule has 1 aromatic heterocycles. The number of carbonyl (C=O) groups is 1. The van der Waals surface area contributed by atoms with E-state index in [1.165, 1.54) is 9.58 Å². The zero-order valence-electron chi connectivity index (χ0n) is 18.2. The minimum atomic E-state index is -4.56. The van der Waals surface area contributed by atoms with E-state index in [4.69, 9.17) is 9.47 Å². The fourth-order valence-corrected chi connectivity index (χ4v) is 5.07. The number of nitrogens with zero attached hydrogens (tertiary/aromatic N) is 3. The average Bonchev–Trinajstić information content (AvgIpc) is 3.55. The van der Waals surface area contributed by atoms with Gasteiger partial charge in [-0.2, -0.15) is 18.3 Å². The summed E-state index contributed by atoms with van der Waals surface area (Å²) in [5.74, 6) is 0.857. The molecule has 0 saturated carbocycles. The third kappa shape index (κ3) is 3.32. The summed E-state index contributed by atoms with van der Waals surface area (Å²) in [6, 6.07) is 11.5. The second kappa shape index (κ2) is 7.49. The highest BCUT2D eigenvalue weighted by molar-refractivity contribution is 6.06. The van der Waals surface area contributed by atoms with Crippen molar-refractivity contribution in [2.75, 3.05) is 18.7 Å². The zero-order chi connectivity index (χ0) is 23.6. The van der Waals surface area contributed by atoms with E-state index in [9.17, 15) is 18.0 Å². The SMILES string of the molecule is CN(C(=O)c1cccc(-n2nc(C(F)(F)F)c3c2C[C@H]2CC[C@H]3N2)c1)c1ccc2c(c1)OCO2. The number of alkyl halides is 3. The van der Waals surface area contributed by atoms with E-state index < -0.39 is 11.9 Å². The largest absolute Gasteiger partial charge is 0.454 e. The molecule has 1 amide bonds. The molecular weight excluding hydrogens is 449 g/mol. The van der Waals surface area contributed by atoms with Gasteiger partial charge in [-0.05, 0) is 43.2 Å². The topological polar surface area (TPSA) is 68.6 Å². The van der Waals surface area contributed by atoms with Gasteiger partial charge in [0, 0.05) is 48.4 Å². The molecule has 2 atom stereocenters. The Bertz CT molecular complexity index is 1300. The molecule has 1 fully saturated rings. The number of hydrogen-bond donors (Lipinski definition) is 1. The third-order valence-electron chi connectivity index (χ3n) is 6.70. The lowest BCUT2D eigenvalue weighted by Gasteiger charge is -2.23. The van der Waals surface area contributed by atoms with Crippen LogP contribution >= 0.6 is 0 Å². The number of hydrogen-bond acceptors (Lipinski definition) is 5. The number of fused-ring (bicyclic) bond motifs is 5. The predicted molar refractivity (Wildman–Crippen MR) is 116 cm³/mol. The highest BCUT2D eigenvalue weighted by Gasteiger charge is 2.45. The summed E-state index contributed by atoms with van der Waals surface area (Å²) < 4.78 is 53.6. The van der Waals surface area contributed by atoms with E-state index in [0.717, 1.165) is 6.42 Å². The molecule has 0 aliphatic carbocycles. The molecule has 0 unspecified atom stereocenters. The van der Waals surface area contributed by atoms with Crippen molar-refractivity contribution < 1.29 is 27.4 Å². The van der Waals surface area contributed by atoms with E-state index in [1.807, 2.05) is 0 Å². The first-order valence-corrected chi connectivity index (χ1v) is 11.0. The number of rotatable bonds is 3. The average molecular weight is 470 g/mol. The maximum atomic E-state index is 13.8. The molecule has 0 spiro atoms. The molecular formula is C24H21F3N4O3. The summed E-state index contributed by atoms with van der Waals surface area (Å²) in [7, 11) is 1.63. The number of benzene rings is 2. The minimum absolute atomic E-state index is 0.129. The predicted octanol–water partition coefficient (Wildman–Crippen LogP) is 4.25. The van der Waals surface area contributed by atoms with Gasteiger partial charge < -0.3 is 19.7 Å². The second-order valence-corrected chi connectivity index (χ2v) is 8.77. The Hall–Kier alpha value is -3.53. The van der Waals surface area contributed by atoms with Gasteiger partial charge in [0.15, 0.2) is 17.2 Å². The summed E-state index contributed by atoms with van der Waals surface area (Å²) in [5, 5.41) is 7.26. The first-order chi connectivity index (χ1) is 16.3. The quantitative estimate of drug-likeness (QED) is 0.620. The third-order valence-corrected chi connectivity index (χ3v) is 6.70. The van der Waals surface area contributed by atoms with Crippen LogP contribution in [0.3, 0.4) is 0 Å². The maximum Gasteiger partial charge on any atom is 0.435 e. The van der Waals surface area contributed by atoms with Gasteiger partial charge in [0.05, 0.1) is 11.4 Å². The fourth-order valence-electron chi connectivity index (χ4n) is 5.07. The number of carbonyl (C=O) groups excluding carboxylic acids is 1. The standard InChI is InChI=1S/C24H21F3N4O3/c1-30(15-6-8-19-20(11-15)34-12-33-19)23(32)13-3-2-4-16(9-13)31-18-10-14-5-7-17(28-14)21(18)22(29-31)24(25,26)27/h2-4,6,8-9,11,14,17,28H,5,7,10,12H2,1H3/t14-,17-/m1/s1. The molecule has 10 heteroatoms. The Kier molecular flexibility index (Phi) is 4.63. The lowest BCUT2D eigenvalue weighted by Crippen LogP contribution is -2.33. The van der Waals surface area contributed by atoms with Crippen LogP contribution in [0.4, 0.5) is 18.9 Å². The summed E-state index contributed by atoms with van der Waals surface area (Å²) in [5.41, 5.74) is 1.32. The Balaban J connectivity index is 1.37. The lowest BCUT2D eigenvalue weighted by molar-refractivity contribution is -0.142. The molecule has 1 N–H and O–H groups in total. The van der Waals surface area contributed by atoms with Crippen molar-refractivity contribution >= 4 is 11.6 Å². The van der Waals surface area contributed by atoms with E-state index in [-0.39, 0.29) is 30.3 Å². The molecule has 3 aliphatic rings. The van der Waals surface area contributed by atoms with Crippen molar-refractivity contribution in [3.63, 3.8) is 0 Å². The summed E-state index contributed by atoms with van der Waals surface area (Å²) in [6.45, 7) is 0.129. The molecule has 1 saturated heterocycles. The summed E-state index contributed by atoms with van der Waals surface area (Å²) >= 11 is 0. The first kappa shape index (κ1) is 21.0. The van der Waals surface area contributed by atoms with Gasteiger partial charge in [0.1, 0.15) is 0 Å². The number of anilines is 1. The summed E-state index contributed by atoms with van der Waals surface area (Å²) in [6.07, 6.45) is -2.61. The van der Waals surface area contributed by atoms with Gasteiger partial charge in [0.25, 0.3) is 5.91 Å². The van der Waals surface area contributed by atoms with Crippen LogP contribution < -0.4 is 19.7 Å². The molecule has 0 radical (unpaired) electrons. The van der Waals surface area contributed by atoms with Crippen LogP contribution in [0, 0.1) is 0 Å². The normalized spacial score (nSPS) is 20.4. The van der Waals surface area contributed by atoms with Crippen molar-refractivity contribution in [1.82, 2.24) is 15.1 Å². The molecule has 3 aliphatic heterocycles. The Labute approximate surface area is 193 Å². The summed E-state index contributed by atoms with van der Waals surface area (Å²) in [4.78, 5) is 14.7. The van der Waals surface area contributed by atoms with Crippen LogP contribution in [0.1, 0.15) is 46.2 Å². The molecule has 2 aromatic carbocycles.